The number of carbonyl (C=O) groups is 1. The van der Waals surface area contributed by atoms with Crippen molar-refractivity contribution in [3.8, 4) is 5.75 Å². The molecular weight excluding hydrogens is 286 g/mol. The smallest absolute Gasteiger partial charge is 0.335 e. The summed E-state index contributed by atoms with van der Waals surface area (Å²) in [4.78, 5) is 10.6. The first-order valence-electron chi connectivity index (χ1n) is 5.96. The van der Waals surface area contributed by atoms with Gasteiger partial charge in [0.25, 0.3) is 0 Å². The molecule has 0 amide bonds. The first kappa shape index (κ1) is 18.1. The van der Waals surface area contributed by atoms with E-state index in [-0.39, 0.29) is 24.0 Å². The topological polar surface area (TPSA) is 72.5 Å². The predicted octanol–water partition coefficient (Wildman–Crippen LogP) is 2.61. The van der Waals surface area contributed by atoms with E-state index in [9.17, 15) is 4.79 Å². The highest BCUT2D eigenvalue weighted by Crippen LogP contribution is 2.13. The van der Waals surface area contributed by atoms with Crippen molar-refractivity contribution in [2.75, 3.05) is 12.4 Å². The van der Waals surface area contributed by atoms with Gasteiger partial charge in [-0.15, -0.1) is 12.4 Å². The van der Waals surface area contributed by atoms with E-state index in [0.29, 0.717) is 18.1 Å². The molecule has 3 N–H and O–H groups in total. The number of thiol groups is 1. The fourth-order valence-electron chi connectivity index (χ4n) is 1.48. The van der Waals surface area contributed by atoms with Crippen LogP contribution in [0.2, 0.25) is 0 Å². The van der Waals surface area contributed by atoms with Crippen LogP contribution < -0.4 is 10.5 Å². The fraction of sp³-hybridized carbons (Fsp3) is 0.462. The van der Waals surface area contributed by atoms with Gasteiger partial charge in [-0.05, 0) is 43.5 Å². The minimum atomic E-state index is -0.928. The van der Waals surface area contributed by atoms with Gasteiger partial charge in [0.05, 0.1) is 12.2 Å². The van der Waals surface area contributed by atoms with Crippen LogP contribution in [-0.4, -0.2) is 29.5 Å². The molecule has 0 spiro atoms. The number of nitrogens with two attached hydrogens (primary N) is 1. The number of benzene rings is 1. The van der Waals surface area contributed by atoms with E-state index in [2.05, 4.69) is 12.6 Å². The maximum atomic E-state index is 10.6. The summed E-state index contributed by atoms with van der Waals surface area (Å²) in [6.45, 7) is 0.617. The lowest BCUT2D eigenvalue weighted by Crippen LogP contribution is -2.21. The van der Waals surface area contributed by atoms with Crippen molar-refractivity contribution in [2.45, 2.75) is 25.3 Å². The highest BCUT2D eigenvalue weighted by Gasteiger charge is 2.02. The highest BCUT2D eigenvalue weighted by atomic mass is 35.5. The van der Waals surface area contributed by atoms with Crippen molar-refractivity contribution in [3.63, 3.8) is 0 Å². The van der Waals surface area contributed by atoms with Gasteiger partial charge in [-0.1, -0.05) is 0 Å². The summed E-state index contributed by atoms with van der Waals surface area (Å²) in [7, 11) is 0. The van der Waals surface area contributed by atoms with E-state index in [1.54, 1.807) is 12.1 Å². The molecule has 0 aliphatic carbocycles. The molecule has 0 saturated carbocycles. The predicted molar refractivity (Wildman–Crippen MR) is 81.8 cm³/mol. The van der Waals surface area contributed by atoms with Gasteiger partial charge in [-0.25, -0.2) is 4.79 Å². The van der Waals surface area contributed by atoms with Crippen molar-refractivity contribution in [1.29, 1.82) is 0 Å². The third-order valence-electron chi connectivity index (χ3n) is 2.57. The van der Waals surface area contributed by atoms with Crippen LogP contribution in [0, 0.1) is 0 Å². The lowest BCUT2D eigenvalue weighted by atomic mass is 10.1. The Morgan fingerprint density at radius 1 is 1.32 bits per heavy atom. The number of hydrogen-bond donors (Lipinski definition) is 3. The van der Waals surface area contributed by atoms with Crippen LogP contribution in [0.1, 0.15) is 29.6 Å². The van der Waals surface area contributed by atoms with Crippen LogP contribution in [-0.2, 0) is 0 Å². The lowest BCUT2D eigenvalue weighted by Gasteiger charge is -2.09. The zero-order valence-electron chi connectivity index (χ0n) is 10.6. The first-order valence-corrected chi connectivity index (χ1v) is 6.59. The molecular formula is C13H20ClNO3S. The van der Waals surface area contributed by atoms with Gasteiger partial charge in [0.15, 0.2) is 0 Å². The van der Waals surface area contributed by atoms with Gasteiger partial charge in [0.1, 0.15) is 5.75 Å². The van der Waals surface area contributed by atoms with Gasteiger partial charge in [-0.3, -0.25) is 0 Å². The molecule has 0 aliphatic heterocycles. The van der Waals surface area contributed by atoms with Gasteiger partial charge in [0, 0.05) is 11.8 Å². The van der Waals surface area contributed by atoms with E-state index in [1.807, 2.05) is 0 Å². The summed E-state index contributed by atoms with van der Waals surface area (Å²) in [5, 5.41) is 8.74. The Labute approximate surface area is 125 Å². The Kier molecular flexibility index (Phi) is 9.47. The first-order chi connectivity index (χ1) is 8.63. The molecule has 108 valence electrons. The Morgan fingerprint density at radius 2 is 1.95 bits per heavy atom. The molecule has 0 saturated heterocycles. The molecule has 0 bridgehead atoms. The largest absolute Gasteiger partial charge is 0.494 e. The zero-order valence-corrected chi connectivity index (χ0v) is 12.3. The molecule has 0 fully saturated rings. The third-order valence-corrected chi connectivity index (χ3v) is 3.04. The Hall–Kier alpha value is -0.910. The second kappa shape index (κ2) is 9.95. The number of aromatic carboxylic acids is 1. The number of hydrogen-bond acceptors (Lipinski definition) is 4. The number of unbranched alkanes of at least 4 members (excludes halogenated alkanes) is 1. The Balaban J connectivity index is 0.00000324. The van der Waals surface area contributed by atoms with Crippen LogP contribution in [0.15, 0.2) is 24.3 Å². The average Bonchev–Trinajstić information content (AvgIpc) is 2.38. The van der Waals surface area contributed by atoms with Crippen LogP contribution in [0.4, 0.5) is 0 Å². The second-order valence-corrected chi connectivity index (χ2v) is 4.48. The normalized spacial score (nSPS) is 11.5. The summed E-state index contributed by atoms with van der Waals surface area (Å²) in [6.07, 6.45) is 2.89. The van der Waals surface area contributed by atoms with Gasteiger partial charge < -0.3 is 15.6 Å². The number of halogens is 1. The molecule has 0 aromatic heterocycles. The molecule has 1 aromatic rings. The monoisotopic (exact) mass is 305 g/mol. The summed E-state index contributed by atoms with van der Waals surface area (Å²) in [5.41, 5.74) is 6.00. The molecule has 0 radical (unpaired) electrons. The molecule has 1 rings (SSSR count). The van der Waals surface area contributed by atoms with Gasteiger partial charge in [-0.2, -0.15) is 12.6 Å². The molecule has 6 heteroatoms. The van der Waals surface area contributed by atoms with Crippen molar-refractivity contribution in [1.82, 2.24) is 0 Å². The average molecular weight is 306 g/mol. The zero-order chi connectivity index (χ0) is 13.4. The van der Waals surface area contributed by atoms with E-state index in [4.69, 9.17) is 15.6 Å². The SMILES string of the molecule is Cl.NC(CS)CCCCOc1ccc(C(=O)O)cc1. The standard InChI is InChI=1S/C13H19NO3S.ClH/c14-11(9-18)3-1-2-8-17-12-6-4-10(5-7-12)13(15)16;/h4-7,11,18H,1-3,8-9,14H2,(H,15,16);1H. The van der Waals surface area contributed by atoms with E-state index < -0.39 is 5.97 Å². The van der Waals surface area contributed by atoms with Crippen LogP contribution in [0.25, 0.3) is 0 Å². The van der Waals surface area contributed by atoms with Crippen molar-refractivity contribution in [3.05, 3.63) is 29.8 Å². The summed E-state index contributed by atoms with van der Waals surface area (Å²) in [5.74, 6) is 0.470. The molecule has 1 atom stereocenters. The lowest BCUT2D eigenvalue weighted by molar-refractivity contribution is 0.0697. The van der Waals surface area contributed by atoms with Gasteiger partial charge >= 0.3 is 5.97 Å². The summed E-state index contributed by atoms with van der Waals surface area (Å²) >= 11 is 4.12. The van der Waals surface area contributed by atoms with E-state index >= 15 is 0 Å². The summed E-state index contributed by atoms with van der Waals surface area (Å²) in [6, 6.07) is 6.57. The number of rotatable bonds is 8. The molecule has 0 aliphatic rings. The molecule has 1 aromatic carbocycles. The molecule has 0 heterocycles. The number of ether oxygens (including phenoxy) is 1. The second-order valence-electron chi connectivity index (χ2n) is 4.12. The molecule has 19 heavy (non-hydrogen) atoms. The minimum Gasteiger partial charge on any atom is -0.494 e. The van der Waals surface area contributed by atoms with Crippen molar-refractivity contribution >= 4 is 31.0 Å². The minimum absolute atomic E-state index is 0. The van der Waals surface area contributed by atoms with Gasteiger partial charge in [0.2, 0.25) is 0 Å². The maximum Gasteiger partial charge on any atom is 0.335 e. The highest BCUT2D eigenvalue weighted by molar-refractivity contribution is 7.80. The maximum absolute atomic E-state index is 10.6. The van der Waals surface area contributed by atoms with Crippen LogP contribution in [0.3, 0.4) is 0 Å². The number of carboxylic acids is 1. The van der Waals surface area contributed by atoms with Crippen LogP contribution >= 0.6 is 25.0 Å². The quantitative estimate of drug-likeness (QED) is 0.510. The Bertz CT molecular complexity index is 373. The van der Waals surface area contributed by atoms with Crippen molar-refractivity contribution < 1.29 is 14.6 Å². The fourth-order valence-corrected chi connectivity index (χ4v) is 1.67. The molecule has 1 unspecified atom stereocenters. The molecule has 4 nitrogen and oxygen atoms in total. The van der Waals surface area contributed by atoms with E-state index in [1.165, 1.54) is 12.1 Å². The van der Waals surface area contributed by atoms with Crippen LogP contribution in [0.5, 0.6) is 5.75 Å². The van der Waals surface area contributed by atoms with Crippen molar-refractivity contribution in [2.24, 2.45) is 5.73 Å². The third kappa shape index (κ3) is 7.30. The van der Waals surface area contributed by atoms with E-state index in [0.717, 1.165) is 19.3 Å². The number of carboxylic acid groups (broad SMARTS) is 1. The Morgan fingerprint density at radius 3 is 2.47 bits per heavy atom. The summed E-state index contributed by atoms with van der Waals surface area (Å²) < 4.78 is 5.50.